The van der Waals surface area contributed by atoms with Gasteiger partial charge in [-0.3, -0.25) is 0 Å². The minimum Gasteiger partial charge on any atom is -0.313 e. The monoisotopic (exact) mass is 330 g/mol. The standard InChI is InChI=1S/C15H23ClN2O2S/c1-17-15(13-5-7-14(16)8-6-13)10-12-4-3-9-18(11-12)21(2,19)20/h5-8,12,15,17H,3-4,9-11H2,1-2H3. The molecule has 0 amide bonds. The summed E-state index contributed by atoms with van der Waals surface area (Å²) in [5, 5.41) is 4.06. The fourth-order valence-corrected chi connectivity index (χ4v) is 4.04. The summed E-state index contributed by atoms with van der Waals surface area (Å²) < 4.78 is 25.0. The zero-order valence-electron chi connectivity index (χ0n) is 12.5. The van der Waals surface area contributed by atoms with Crippen LogP contribution in [0.3, 0.4) is 0 Å². The summed E-state index contributed by atoms with van der Waals surface area (Å²) >= 11 is 5.93. The molecule has 1 aliphatic heterocycles. The zero-order valence-corrected chi connectivity index (χ0v) is 14.1. The normalized spacial score (nSPS) is 22.1. The van der Waals surface area contributed by atoms with Crippen molar-refractivity contribution in [2.75, 3.05) is 26.4 Å². The number of rotatable bonds is 5. The number of hydrogen-bond acceptors (Lipinski definition) is 3. The second kappa shape index (κ2) is 7.09. The van der Waals surface area contributed by atoms with Gasteiger partial charge in [0, 0.05) is 24.2 Å². The Morgan fingerprint density at radius 3 is 2.62 bits per heavy atom. The van der Waals surface area contributed by atoms with Crippen LogP contribution in [0.25, 0.3) is 0 Å². The van der Waals surface area contributed by atoms with Crippen LogP contribution in [0.15, 0.2) is 24.3 Å². The van der Waals surface area contributed by atoms with Crippen molar-refractivity contribution < 1.29 is 8.42 Å². The van der Waals surface area contributed by atoms with Crippen molar-refractivity contribution in [2.45, 2.75) is 25.3 Å². The van der Waals surface area contributed by atoms with E-state index in [9.17, 15) is 8.42 Å². The lowest BCUT2D eigenvalue weighted by atomic mass is 9.89. The van der Waals surface area contributed by atoms with Gasteiger partial charge in [-0.05, 0) is 49.9 Å². The van der Waals surface area contributed by atoms with E-state index >= 15 is 0 Å². The maximum atomic E-state index is 11.7. The van der Waals surface area contributed by atoms with E-state index in [0.717, 1.165) is 24.3 Å². The van der Waals surface area contributed by atoms with Crippen molar-refractivity contribution in [2.24, 2.45) is 5.92 Å². The van der Waals surface area contributed by atoms with Gasteiger partial charge in [0.15, 0.2) is 0 Å². The molecule has 6 heteroatoms. The number of halogens is 1. The molecule has 1 aliphatic rings. The summed E-state index contributed by atoms with van der Waals surface area (Å²) in [7, 11) is -1.14. The van der Waals surface area contributed by atoms with E-state index in [1.54, 1.807) is 4.31 Å². The fourth-order valence-electron chi connectivity index (χ4n) is 2.97. The van der Waals surface area contributed by atoms with Crippen molar-refractivity contribution in [1.29, 1.82) is 0 Å². The Hall–Kier alpha value is -0.620. The van der Waals surface area contributed by atoms with Crippen molar-refractivity contribution >= 4 is 21.6 Å². The molecule has 2 atom stereocenters. The number of benzene rings is 1. The SMILES string of the molecule is CNC(CC1CCCN(S(C)(=O)=O)C1)c1ccc(Cl)cc1. The van der Waals surface area contributed by atoms with Crippen molar-refractivity contribution in [3.63, 3.8) is 0 Å². The van der Waals surface area contributed by atoms with E-state index in [1.807, 2.05) is 31.3 Å². The molecule has 1 heterocycles. The summed E-state index contributed by atoms with van der Waals surface area (Å²) in [5.74, 6) is 0.390. The summed E-state index contributed by atoms with van der Waals surface area (Å²) in [6.45, 7) is 1.28. The highest BCUT2D eigenvalue weighted by Gasteiger charge is 2.27. The minimum atomic E-state index is -3.08. The van der Waals surface area contributed by atoms with Gasteiger partial charge in [-0.15, -0.1) is 0 Å². The van der Waals surface area contributed by atoms with Crippen LogP contribution in [-0.2, 0) is 10.0 Å². The largest absolute Gasteiger partial charge is 0.313 e. The van der Waals surface area contributed by atoms with Gasteiger partial charge in [0.25, 0.3) is 0 Å². The Labute approximate surface area is 132 Å². The van der Waals surface area contributed by atoms with Crippen LogP contribution < -0.4 is 5.32 Å². The van der Waals surface area contributed by atoms with Crippen LogP contribution in [0.2, 0.25) is 5.02 Å². The number of nitrogens with zero attached hydrogens (tertiary/aromatic N) is 1. The maximum absolute atomic E-state index is 11.7. The number of sulfonamides is 1. The lowest BCUT2D eigenvalue weighted by Gasteiger charge is -2.33. The molecule has 2 unspecified atom stereocenters. The molecule has 0 aliphatic carbocycles. The van der Waals surface area contributed by atoms with Gasteiger partial charge < -0.3 is 5.32 Å². The van der Waals surface area contributed by atoms with Crippen LogP contribution in [-0.4, -0.2) is 39.1 Å². The van der Waals surface area contributed by atoms with Crippen LogP contribution in [0.1, 0.15) is 30.9 Å². The molecule has 4 nitrogen and oxygen atoms in total. The zero-order chi connectivity index (χ0) is 15.5. The van der Waals surface area contributed by atoms with Gasteiger partial charge in [-0.1, -0.05) is 23.7 Å². The highest BCUT2D eigenvalue weighted by atomic mass is 35.5. The van der Waals surface area contributed by atoms with Gasteiger partial charge in [-0.25, -0.2) is 12.7 Å². The van der Waals surface area contributed by atoms with Crippen LogP contribution in [0.4, 0.5) is 0 Å². The van der Waals surface area contributed by atoms with E-state index in [-0.39, 0.29) is 6.04 Å². The topological polar surface area (TPSA) is 49.4 Å². The molecule has 1 aromatic carbocycles. The van der Waals surface area contributed by atoms with E-state index < -0.39 is 10.0 Å². The van der Waals surface area contributed by atoms with Crippen molar-refractivity contribution in [3.05, 3.63) is 34.9 Å². The molecule has 1 N–H and O–H groups in total. The van der Waals surface area contributed by atoms with E-state index in [4.69, 9.17) is 11.6 Å². The molecule has 1 aromatic rings. The van der Waals surface area contributed by atoms with E-state index in [2.05, 4.69) is 5.32 Å². The van der Waals surface area contributed by atoms with Gasteiger partial charge in [-0.2, -0.15) is 0 Å². The number of hydrogen-bond donors (Lipinski definition) is 1. The third-order valence-electron chi connectivity index (χ3n) is 4.14. The molecular formula is C15H23ClN2O2S. The molecule has 21 heavy (non-hydrogen) atoms. The lowest BCUT2D eigenvalue weighted by Crippen LogP contribution is -2.40. The van der Waals surface area contributed by atoms with Crippen LogP contribution in [0, 0.1) is 5.92 Å². The third-order valence-corrected chi connectivity index (χ3v) is 5.66. The maximum Gasteiger partial charge on any atom is 0.211 e. The first-order valence-corrected chi connectivity index (χ1v) is 9.50. The molecule has 0 bridgehead atoms. The van der Waals surface area contributed by atoms with E-state index in [1.165, 1.54) is 11.8 Å². The third kappa shape index (κ3) is 4.68. The summed E-state index contributed by atoms with van der Waals surface area (Å²) in [6.07, 6.45) is 4.25. The second-order valence-electron chi connectivity index (χ2n) is 5.76. The first kappa shape index (κ1) is 16.7. The molecular weight excluding hydrogens is 308 g/mol. The lowest BCUT2D eigenvalue weighted by molar-refractivity contribution is 0.240. The second-order valence-corrected chi connectivity index (χ2v) is 8.18. The Morgan fingerprint density at radius 2 is 2.05 bits per heavy atom. The molecule has 1 fully saturated rings. The molecule has 0 spiro atoms. The van der Waals surface area contributed by atoms with Crippen molar-refractivity contribution in [3.8, 4) is 0 Å². The van der Waals surface area contributed by atoms with Gasteiger partial charge in [0.05, 0.1) is 6.26 Å². The molecule has 2 rings (SSSR count). The Morgan fingerprint density at radius 1 is 1.38 bits per heavy atom. The molecule has 0 radical (unpaired) electrons. The number of nitrogens with one attached hydrogen (secondary N) is 1. The predicted molar refractivity (Wildman–Crippen MR) is 87.0 cm³/mol. The summed E-state index contributed by atoms with van der Waals surface area (Å²) in [5.41, 5.74) is 1.19. The molecule has 0 aromatic heterocycles. The van der Waals surface area contributed by atoms with Gasteiger partial charge >= 0.3 is 0 Å². The van der Waals surface area contributed by atoms with Gasteiger partial charge in [0.2, 0.25) is 10.0 Å². The average Bonchev–Trinajstić information content (AvgIpc) is 2.45. The summed E-state index contributed by atoms with van der Waals surface area (Å²) in [6, 6.07) is 8.07. The predicted octanol–water partition coefficient (Wildman–Crippen LogP) is 2.66. The average molecular weight is 331 g/mol. The van der Waals surface area contributed by atoms with Crippen LogP contribution >= 0.6 is 11.6 Å². The Balaban J connectivity index is 2.03. The smallest absolute Gasteiger partial charge is 0.211 e. The number of piperidine rings is 1. The molecule has 1 saturated heterocycles. The Kier molecular flexibility index (Phi) is 5.66. The fraction of sp³-hybridized carbons (Fsp3) is 0.600. The highest BCUT2D eigenvalue weighted by molar-refractivity contribution is 7.88. The van der Waals surface area contributed by atoms with Crippen molar-refractivity contribution in [1.82, 2.24) is 9.62 Å². The highest BCUT2D eigenvalue weighted by Crippen LogP contribution is 2.28. The summed E-state index contributed by atoms with van der Waals surface area (Å²) in [4.78, 5) is 0. The molecule has 118 valence electrons. The first-order valence-electron chi connectivity index (χ1n) is 7.28. The van der Waals surface area contributed by atoms with Gasteiger partial charge in [0.1, 0.15) is 0 Å². The molecule has 0 saturated carbocycles. The Bertz CT molecular complexity index is 560. The van der Waals surface area contributed by atoms with E-state index in [0.29, 0.717) is 19.0 Å². The quantitative estimate of drug-likeness (QED) is 0.903. The van der Waals surface area contributed by atoms with Crippen LogP contribution in [0.5, 0.6) is 0 Å². The minimum absolute atomic E-state index is 0.228. The first-order chi connectivity index (χ1) is 9.90.